The van der Waals surface area contributed by atoms with Crippen molar-refractivity contribution < 1.29 is 9.53 Å². The molecular weight excluding hydrogens is 379 g/mol. The number of hydrogen-bond acceptors (Lipinski definition) is 2. The van der Waals surface area contributed by atoms with Crippen molar-refractivity contribution in [1.29, 1.82) is 0 Å². The molecule has 1 aromatic rings. The molecule has 1 atom stereocenters. The van der Waals surface area contributed by atoms with E-state index in [1.54, 1.807) is 0 Å². The van der Waals surface area contributed by atoms with Crippen LogP contribution in [0.1, 0.15) is 76.8 Å². The van der Waals surface area contributed by atoms with E-state index >= 15 is 0 Å². The Hall–Kier alpha value is -0.990. The standard InChI is InChI=1S/C23H32Cl2O2/c1-16-11-13-19(22(25)21(16)24)14-12-17-7-5-9-18(10-6-8-17)15-20(26)27-23(2,3)4/h9,11,13,17H,5-8,10,12,14-15H2,1-4H3. The van der Waals surface area contributed by atoms with Crippen LogP contribution in [0.4, 0.5) is 0 Å². The van der Waals surface area contributed by atoms with Crippen molar-refractivity contribution in [3.63, 3.8) is 0 Å². The van der Waals surface area contributed by atoms with Crippen LogP contribution in [0, 0.1) is 12.8 Å². The summed E-state index contributed by atoms with van der Waals surface area (Å²) in [6.45, 7) is 7.72. The Morgan fingerprint density at radius 2 is 1.93 bits per heavy atom. The third kappa shape index (κ3) is 7.50. The van der Waals surface area contributed by atoms with Gasteiger partial charge in [-0.05, 0) is 83.3 Å². The SMILES string of the molecule is Cc1ccc(CCC2CCC=C(CC(=O)OC(C)(C)C)CCC2)c(Cl)c1Cl. The Labute approximate surface area is 174 Å². The van der Waals surface area contributed by atoms with Gasteiger partial charge in [0.2, 0.25) is 0 Å². The number of carbonyl (C=O) groups excluding carboxylic acids is 1. The van der Waals surface area contributed by atoms with Gasteiger partial charge in [-0.3, -0.25) is 4.79 Å². The van der Waals surface area contributed by atoms with E-state index in [2.05, 4.69) is 12.1 Å². The number of rotatable bonds is 5. The number of halogens is 2. The van der Waals surface area contributed by atoms with Crippen molar-refractivity contribution in [3.8, 4) is 0 Å². The normalized spacial score (nSPS) is 18.4. The molecule has 0 saturated heterocycles. The van der Waals surface area contributed by atoms with E-state index in [4.69, 9.17) is 27.9 Å². The lowest BCUT2D eigenvalue weighted by molar-refractivity contribution is -0.153. The van der Waals surface area contributed by atoms with Crippen LogP contribution >= 0.6 is 23.2 Å². The summed E-state index contributed by atoms with van der Waals surface area (Å²) < 4.78 is 5.45. The monoisotopic (exact) mass is 410 g/mol. The summed E-state index contributed by atoms with van der Waals surface area (Å²) in [5.74, 6) is 0.581. The number of aryl methyl sites for hydroxylation is 2. The second-order valence-corrected chi connectivity index (χ2v) is 9.43. The molecule has 0 N–H and O–H groups in total. The van der Waals surface area contributed by atoms with Crippen LogP contribution in [0.2, 0.25) is 10.0 Å². The first kappa shape index (κ1) is 22.3. The molecule has 0 radical (unpaired) electrons. The third-order valence-corrected chi connectivity index (χ3v) is 6.10. The molecule has 0 fully saturated rings. The van der Waals surface area contributed by atoms with Crippen molar-refractivity contribution >= 4 is 29.2 Å². The zero-order chi connectivity index (χ0) is 20.0. The summed E-state index contributed by atoms with van der Waals surface area (Å²) in [5.41, 5.74) is 3.00. The van der Waals surface area contributed by atoms with Crippen LogP contribution in [0.25, 0.3) is 0 Å². The summed E-state index contributed by atoms with van der Waals surface area (Å²) in [4.78, 5) is 12.0. The Bertz CT molecular complexity index is 686. The number of carbonyl (C=O) groups is 1. The van der Waals surface area contributed by atoms with E-state index in [0.29, 0.717) is 22.4 Å². The molecular formula is C23H32Cl2O2. The number of ether oxygens (including phenoxy) is 1. The third-order valence-electron chi connectivity index (χ3n) is 5.09. The molecule has 1 unspecified atom stereocenters. The minimum absolute atomic E-state index is 0.114. The van der Waals surface area contributed by atoms with Crippen molar-refractivity contribution in [3.05, 3.63) is 45.0 Å². The van der Waals surface area contributed by atoms with Crippen LogP contribution in [0.3, 0.4) is 0 Å². The molecule has 1 aliphatic carbocycles. The van der Waals surface area contributed by atoms with E-state index < -0.39 is 5.60 Å². The summed E-state index contributed by atoms with van der Waals surface area (Å²) >= 11 is 12.7. The van der Waals surface area contributed by atoms with Gasteiger partial charge in [0.15, 0.2) is 0 Å². The molecule has 0 amide bonds. The van der Waals surface area contributed by atoms with Gasteiger partial charge < -0.3 is 4.74 Å². The average molecular weight is 411 g/mol. The van der Waals surface area contributed by atoms with Crippen molar-refractivity contribution in [2.24, 2.45) is 5.92 Å². The number of esters is 1. The Morgan fingerprint density at radius 3 is 2.63 bits per heavy atom. The first-order chi connectivity index (χ1) is 12.7. The highest BCUT2D eigenvalue weighted by molar-refractivity contribution is 6.42. The van der Waals surface area contributed by atoms with Crippen LogP contribution in [-0.4, -0.2) is 11.6 Å². The Morgan fingerprint density at radius 1 is 1.19 bits per heavy atom. The van der Waals surface area contributed by atoms with Gasteiger partial charge in [-0.1, -0.05) is 53.4 Å². The van der Waals surface area contributed by atoms with Gasteiger partial charge in [0.1, 0.15) is 5.60 Å². The minimum atomic E-state index is -0.412. The number of hydrogen-bond donors (Lipinski definition) is 0. The van der Waals surface area contributed by atoms with Gasteiger partial charge in [-0.2, -0.15) is 0 Å². The van der Waals surface area contributed by atoms with Gasteiger partial charge in [-0.25, -0.2) is 0 Å². The quantitative estimate of drug-likeness (QED) is 0.371. The lowest BCUT2D eigenvalue weighted by Crippen LogP contribution is -2.24. The molecule has 0 heterocycles. The highest BCUT2D eigenvalue weighted by Gasteiger charge is 2.19. The second-order valence-electron chi connectivity index (χ2n) is 8.67. The van der Waals surface area contributed by atoms with Gasteiger partial charge in [0, 0.05) is 0 Å². The highest BCUT2D eigenvalue weighted by Crippen LogP contribution is 2.32. The van der Waals surface area contributed by atoms with Crippen LogP contribution < -0.4 is 0 Å². The van der Waals surface area contributed by atoms with E-state index in [1.165, 1.54) is 12.0 Å². The molecule has 27 heavy (non-hydrogen) atoms. The molecule has 2 nitrogen and oxygen atoms in total. The highest BCUT2D eigenvalue weighted by atomic mass is 35.5. The molecule has 2 rings (SSSR count). The van der Waals surface area contributed by atoms with E-state index in [9.17, 15) is 4.79 Å². The summed E-state index contributed by atoms with van der Waals surface area (Å²) in [6, 6.07) is 4.15. The Kier molecular flexibility index (Phi) is 8.24. The van der Waals surface area contributed by atoms with Crippen LogP contribution in [-0.2, 0) is 16.0 Å². The summed E-state index contributed by atoms with van der Waals surface area (Å²) in [6.07, 6.45) is 10.3. The molecule has 0 aliphatic heterocycles. The van der Waals surface area contributed by atoms with E-state index in [-0.39, 0.29) is 5.97 Å². The van der Waals surface area contributed by atoms with E-state index in [0.717, 1.165) is 49.7 Å². The number of benzene rings is 1. The van der Waals surface area contributed by atoms with Crippen LogP contribution in [0.15, 0.2) is 23.8 Å². The van der Waals surface area contributed by atoms with Crippen molar-refractivity contribution in [1.82, 2.24) is 0 Å². The molecule has 0 spiro atoms. The molecule has 0 bridgehead atoms. The second kappa shape index (κ2) is 9.98. The van der Waals surface area contributed by atoms with Gasteiger partial charge in [-0.15, -0.1) is 0 Å². The van der Waals surface area contributed by atoms with Gasteiger partial charge in [0.25, 0.3) is 0 Å². The fraction of sp³-hybridized carbons (Fsp3) is 0.609. The summed E-state index contributed by atoms with van der Waals surface area (Å²) in [5, 5.41) is 1.39. The topological polar surface area (TPSA) is 26.3 Å². The molecule has 0 saturated carbocycles. The molecule has 4 heteroatoms. The lowest BCUT2D eigenvalue weighted by Gasteiger charge is -2.22. The lowest BCUT2D eigenvalue weighted by atomic mass is 9.86. The van der Waals surface area contributed by atoms with E-state index in [1.807, 2.05) is 33.8 Å². The summed E-state index contributed by atoms with van der Waals surface area (Å²) in [7, 11) is 0. The molecule has 1 aliphatic rings. The number of allylic oxidation sites excluding steroid dienone is 1. The molecule has 1 aromatic carbocycles. The predicted octanol–water partition coefficient (Wildman–Crippen LogP) is 7.47. The first-order valence-electron chi connectivity index (χ1n) is 9.99. The minimum Gasteiger partial charge on any atom is -0.460 e. The van der Waals surface area contributed by atoms with Crippen molar-refractivity contribution in [2.45, 2.75) is 84.7 Å². The maximum Gasteiger partial charge on any atom is 0.310 e. The fourth-order valence-electron chi connectivity index (χ4n) is 3.64. The van der Waals surface area contributed by atoms with Gasteiger partial charge in [0.05, 0.1) is 16.5 Å². The largest absolute Gasteiger partial charge is 0.460 e. The maximum atomic E-state index is 12.0. The van der Waals surface area contributed by atoms with Crippen molar-refractivity contribution in [2.75, 3.05) is 0 Å². The maximum absolute atomic E-state index is 12.0. The van der Waals surface area contributed by atoms with Crippen LogP contribution in [0.5, 0.6) is 0 Å². The average Bonchev–Trinajstić information content (AvgIpc) is 2.54. The molecule has 150 valence electrons. The Balaban J connectivity index is 1.84. The zero-order valence-corrected chi connectivity index (χ0v) is 18.6. The first-order valence-corrected chi connectivity index (χ1v) is 10.7. The predicted molar refractivity (Wildman–Crippen MR) is 115 cm³/mol. The smallest absolute Gasteiger partial charge is 0.310 e. The molecule has 0 aromatic heterocycles. The zero-order valence-electron chi connectivity index (χ0n) is 17.0. The fourth-order valence-corrected chi connectivity index (χ4v) is 4.13. The van der Waals surface area contributed by atoms with Gasteiger partial charge >= 0.3 is 5.97 Å².